The van der Waals surface area contributed by atoms with Crippen molar-refractivity contribution in [1.82, 2.24) is 4.90 Å². The monoisotopic (exact) mass is 257 g/mol. The molecule has 0 saturated heterocycles. The minimum Gasteiger partial charge on any atom is -0.465 e. The average molecular weight is 257 g/mol. The number of hydrogen-bond donors (Lipinski definition) is 0. The van der Waals surface area contributed by atoms with Crippen LogP contribution in [0.25, 0.3) is 0 Å². The average Bonchev–Trinajstić information content (AvgIpc) is 2.25. The normalized spacial score (nSPS) is 10.8. The van der Waals surface area contributed by atoms with Gasteiger partial charge in [0.1, 0.15) is 12.1 Å². The Kier molecular flexibility index (Phi) is 7.42. The van der Waals surface area contributed by atoms with Crippen molar-refractivity contribution in [3.05, 3.63) is 11.8 Å². The highest BCUT2D eigenvalue weighted by atomic mass is 16.5. The van der Waals surface area contributed by atoms with Gasteiger partial charge in [-0.2, -0.15) is 0 Å². The van der Waals surface area contributed by atoms with Crippen LogP contribution in [0.2, 0.25) is 0 Å². The van der Waals surface area contributed by atoms with Gasteiger partial charge < -0.3 is 14.4 Å². The minimum absolute atomic E-state index is 0.0377. The molecule has 6 heteroatoms. The summed E-state index contributed by atoms with van der Waals surface area (Å²) in [5.74, 6) is -1.53. The number of ketones is 1. The lowest BCUT2D eigenvalue weighted by molar-refractivity contribution is -0.144. The van der Waals surface area contributed by atoms with Crippen LogP contribution in [-0.4, -0.2) is 49.4 Å². The topological polar surface area (TPSA) is 72.9 Å². The smallest absolute Gasteiger partial charge is 0.343 e. The van der Waals surface area contributed by atoms with E-state index in [-0.39, 0.29) is 25.3 Å². The van der Waals surface area contributed by atoms with E-state index in [0.29, 0.717) is 0 Å². The van der Waals surface area contributed by atoms with Gasteiger partial charge in [-0.25, -0.2) is 4.79 Å². The first-order valence-corrected chi connectivity index (χ1v) is 5.68. The van der Waals surface area contributed by atoms with Crippen LogP contribution in [0.3, 0.4) is 0 Å². The zero-order valence-corrected chi connectivity index (χ0v) is 11.2. The van der Waals surface area contributed by atoms with E-state index < -0.39 is 17.7 Å². The van der Waals surface area contributed by atoms with E-state index in [0.717, 1.165) is 0 Å². The predicted octanol–water partition coefficient (Wildman–Crippen LogP) is 0.517. The number of esters is 2. The summed E-state index contributed by atoms with van der Waals surface area (Å²) in [6, 6.07) is 0. The van der Waals surface area contributed by atoms with Gasteiger partial charge in [-0.15, -0.1) is 0 Å². The highest BCUT2D eigenvalue weighted by Gasteiger charge is 2.17. The molecular formula is C12H19NO5. The SMILES string of the molecule is CCOC(=O)CN(C)/C=C(\C(C)=O)C(=O)OCC. The van der Waals surface area contributed by atoms with E-state index in [4.69, 9.17) is 9.47 Å². The van der Waals surface area contributed by atoms with Crippen molar-refractivity contribution >= 4 is 17.7 Å². The van der Waals surface area contributed by atoms with Gasteiger partial charge in [0.25, 0.3) is 0 Å². The fraction of sp³-hybridized carbons (Fsp3) is 0.583. The molecule has 0 N–H and O–H groups in total. The maximum atomic E-state index is 11.5. The number of carbonyl (C=O) groups is 3. The number of Topliss-reactive ketones (excluding diaryl/α,β-unsaturated/α-hetero) is 1. The molecule has 0 atom stereocenters. The molecule has 0 rings (SSSR count). The van der Waals surface area contributed by atoms with Gasteiger partial charge in [0.05, 0.1) is 13.2 Å². The predicted molar refractivity (Wildman–Crippen MR) is 64.7 cm³/mol. The van der Waals surface area contributed by atoms with E-state index in [1.807, 2.05) is 0 Å². The molecule has 18 heavy (non-hydrogen) atoms. The lowest BCUT2D eigenvalue weighted by Crippen LogP contribution is -2.25. The van der Waals surface area contributed by atoms with Crippen LogP contribution < -0.4 is 0 Å². The van der Waals surface area contributed by atoms with Crippen LogP contribution in [0.1, 0.15) is 20.8 Å². The maximum Gasteiger partial charge on any atom is 0.343 e. The van der Waals surface area contributed by atoms with Crippen LogP contribution >= 0.6 is 0 Å². The van der Waals surface area contributed by atoms with E-state index in [2.05, 4.69) is 0 Å². The second-order valence-electron chi connectivity index (χ2n) is 3.54. The van der Waals surface area contributed by atoms with Gasteiger partial charge in [-0.1, -0.05) is 0 Å². The highest BCUT2D eigenvalue weighted by molar-refractivity contribution is 6.16. The summed E-state index contributed by atoms with van der Waals surface area (Å²) in [5, 5.41) is 0. The molecular weight excluding hydrogens is 238 g/mol. The Hall–Kier alpha value is -1.85. The Bertz CT molecular complexity index is 348. The fourth-order valence-electron chi connectivity index (χ4n) is 1.17. The molecule has 0 aromatic heterocycles. The zero-order valence-electron chi connectivity index (χ0n) is 11.2. The summed E-state index contributed by atoms with van der Waals surface area (Å²) < 4.78 is 9.50. The third-order valence-electron chi connectivity index (χ3n) is 1.91. The van der Waals surface area contributed by atoms with Gasteiger partial charge in [-0.3, -0.25) is 9.59 Å². The first-order chi connectivity index (χ1) is 8.42. The molecule has 6 nitrogen and oxygen atoms in total. The minimum atomic E-state index is -0.694. The van der Waals surface area contributed by atoms with Crippen molar-refractivity contribution in [3.8, 4) is 0 Å². The summed E-state index contributed by atoms with van der Waals surface area (Å²) in [5.41, 5.74) is -0.0938. The van der Waals surface area contributed by atoms with Crippen LogP contribution in [0.4, 0.5) is 0 Å². The third-order valence-corrected chi connectivity index (χ3v) is 1.91. The number of rotatable bonds is 7. The number of hydrogen-bond acceptors (Lipinski definition) is 6. The van der Waals surface area contributed by atoms with Crippen molar-refractivity contribution in [2.45, 2.75) is 20.8 Å². The van der Waals surface area contributed by atoms with Gasteiger partial charge in [0.15, 0.2) is 5.78 Å². The van der Waals surface area contributed by atoms with Crippen molar-refractivity contribution < 1.29 is 23.9 Å². The van der Waals surface area contributed by atoms with Gasteiger partial charge in [0.2, 0.25) is 0 Å². The second-order valence-corrected chi connectivity index (χ2v) is 3.54. The van der Waals surface area contributed by atoms with Crippen LogP contribution in [-0.2, 0) is 23.9 Å². The van der Waals surface area contributed by atoms with Crippen LogP contribution in [0.15, 0.2) is 11.8 Å². The largest absolute Gasteiger partial charge is 0.465 e. The summed E-state index contributed by atoms with van der Waals surface area (Å²) in [6.45, 7) is 5.05. The van der Waals surface area contributed by atoms with Gasteiger partial charge >= 0.3 is 11.9 Å². The summed E-state index contributed by atoms with van der Waals surface area (Å²) >= 11 is 0. The van der Waals surface area contributed by atoms with Crippen LogP contribution in [0, 0.1) is 0 Å². The van der Waals surface area contributed by atoms with Gasteiger partial charge in [0, 0.05) is 13.2 Å². The molecule has 0 amide bonds. The summed E-state index contributed by atoms with van der Waals surface area (Å²) in [7, 11) is 1.57. The zero-order chi connectivity index (χ0) is 14.1. The number of ether oxygens (including phenoxy) is 2. The van der Waals surface area contributed by atoms with Crippen LogP contribution in [0.5, 0.6) is 0 Å². The first kappa shape index (κ1) is 16.1. The molecule has 0 aliphatic rings. The molecule has 0 aliphatic carbocycles. The maximum absolute atomic E-state index is 11.5. The van der Waals surface area contributed by atoms with E-state index in [1.54, 1.807) is 20.9 Å². The number of nitrogens with zero attached hydrogens (tertiary/aromatic N) is 1. The second kappa shape index (κ2) is 8.27. The Morgan fingerprint density at radius 2 is 1.67 bits per heavy atom. The number of likely N-dealkylation sites (N-methyl/N-ethyl adjacent to an activating group) is 1. The third kappa shape index (κ3) is 6.03. The molecule has 0 bridgehead atoms. The number of carbonyl (C=O) groups excluding carboxylic acids is 3. The van der Waals surface area contributed by atoms with E-state index >= 15 is 0 Å². The Balaban J connectivity index is 4.69. The fourth-order valence-corrected chi connectivity index (χ4v) is 1.17. The molecule has 0 spiro atoms. The molecule has 0 heterocycles. The summed E-state index contributed by atoms with van der Waals surface area (Å²) in [4.78, 5) is 35.4. The molecule has 0 radical (unpaired) electrons. The van der Waals surface area contributed by atoms with E-state index in [9.17, 15) is 14.4 Å². The molecule has 0 aliphatic heterocycles. The molecule has 0 fully saturated rings. The first-order valence-electron chi connectivity index (χ1n) is 5.68. The molecule has 0 saturated carbocycles. The Morgan fingerprint density at radius 1 is 1.11 bits per heavy atom. The Labute approximate surface area is 107 Å². The molecule has 0 aromatic rings. The van der Waals surface area contributed by atoms with Crippen molar-refractivity contribution in [2.24, 2.45) is 0 Å². The molecule has 0 aromatic carbocycles. The standard InChI is InChI=1S/C12H19NO5/c1-5-17-11(15)8-13(4)7-10(9(3)14)12(16)18-6-2/h7H,5-6,8H2,1-4H3/b10-7+. The van der Waals surface area contributed by atoms with Crippen molar-refractivity contribution in [1.29, 1.82) is 0 Å². The molecule has 102 valence electrons. The van der Waals surface area contributed by atoms with E-state index in [1.165, 1.54) is 18.0 Å². The van der Waals surface area contributed by atoms with Gasteiger partial charge in [-0.05, 0) is 20.8 Å². The van der Waals surface area contributed by atoms with Crippen molar-refractivity contribution in [2.75, 3.05) is 26.8 Å². The highest BCUT2D eigenvalue weighted by Crippen LogP contribution is 2.02. The summed E-state index contributed by atoms with van der Waals surface area (Å²) in [6.07, 6.45) is 1.29. The lowest BCUT2D eigenvalue weighted by atomic mass is 10.2. The quantitative estimate of drug-likeness (QED) is 0.286. The van der Waals surface area contributed by atoms with Crippen molar-refractivity contribution in [3.63, 3.8) is 0 Å². The Morgan fingerprint density at radius 3 is 2.11 bits per heavy atom. The lowest BCUT2D eigenvalue weighted by Gasteiger charge is -2.14. The molecule has 0 unspecified atom stereocenters.